The van der Waals surface area contributed by atoms with Crippen LogP contribution in [0.1, 0.15) is 31.0 Å². The van der Waals surface area contributed by atoms with Crippen LogP contribution < -0.4 is 10.0 Å². The molecule has 32 heavy (non-hydrogen) atoms. The van der Waals surface area contributed by atoms with Crippen LogP contribution in [0.2, 0.25) is 0 Å². The van der Waals surface area contributed by atoms with Gasteiger partial charge in [0, 0.05) is 23.8 Å². The molecule has 9 nitrogen and oxygen atoms in total. The number of nitrogens with zero attached hydrogens (tertiary/aromatic N) is 4. The Hall–Kier alpha value is -3.49. The lowest BCUT2D eigenvalue weighted by atomic mass is 10.1. The SMILES string of the molecule is CC(C)c1ccc(C#N)c(SCC(=O)Nc2ccc(S(=O)(=O)Nc3ncccn3)cc2)n1. The first-order chi connectivity index (χ1) is 15.3. The topological polar surface area (TPSA) is 138 Å². The van der Waals surface area contributed by atoms with Gasteiger partial charge in [-0.25, -0.2) is 28.1 Å². The number of carbonyl (C=O) groups excluding carboxylic acids is 1. The standard InChI is InChI=1S/C21H20N6O3S2/c1-14(2)18-9-4-15(12-22)20(26-18)31-13-19(28)25-16-5-7-17(8-6-16)32(29,30)27-21-23-10-3-11-24-21/h3-11,14H,13H2,1-2H3,(H,25,28)(H,23,24,27). The van der Waals surface area contributed by atoms with Gasteiger partial charge in [0.15, 0.2) is 0 Å². The highest BCUT2D eigenvalue weighted by atomic mass is 32.2. The lowest BCUT2D eigenvalue weighted by molar-refractivity contribution is -0.113. The summed E-state index contributed by atoms with van der Waals surface area (Å²) in [5.41, 5.74) is 1.70. The highest BCUT2D eigenvalue weighted by Crippen LogP contribution is 2.24. The van der Waals surface area contributed by atoms with Crippen LogP contribution in [-0.4, -0.2) is 35.0 Å². The van der Waals surface area contributed by atoms with Crippen molar-refractivity contribution >= 4 is 39.3 Å². The van der Waals surface area contributed by atoms with E-state index in [1.807, 2.05) is 19.9 Å². The first kappa shape index (κ1) is 23.2. The minimum Gasteiger partial charge on any atom is -0.325 e. The molecule has 164 valence electrons. The average molecular weight is 469 g/mol. The number of thioether (sulfide) groups is 1. The van der Waals surface area contributed by atoms with Crippen LogP contribution in [0.25, 0.3) is 0 Å². The zero-order valence-corrected chi connectivity index (χ0v) is 18.9. The lowest BCUT2D eigenvalue weighted by Gasteiger charge is -2.10. The highest BCUT2D eigenvalue weighted by Gasteiger charge is 2.16. The summed E-state index contributed by atoms with van der Waals surface area (Å²) in [7, 11) is -3.85. The Morgan fingerprint density at radius 2 is 1.81 bits per heavy atom. The predicted molar refractivity (Wildman–Crippen MR) is 122 cm³/mol. The molecule has 3 rings (SSSR count). The molecular formula is C21H20N6O3S2. The monoisotopic (exact) mass is 468 g/mol. The van der Waals surface area contributed by atoms with E-state index in [0.29, 0.717) is 16.3 Å². The van der Waals surface area contributed by atoms with Gasteiger partial charge in [-0.05, 0) is 48.4 Å². The number of amides is 1. The maximum absolute atomic E-state index is 12.4. The predicted octanol–water partition coefficient (Wildman–Crippen LogP) is 3.40. The van der Waals surface area contributed by atoms with Crippen LogP contribution in [0.4, 0.5) is 11.6 Å². The van der Waals surface area contributed by atoms with Crippen LogP contribution in [-0.2, 0) is 14.8 Å². The largest absolute Gasteiger partial charge is 0.325 e. The Bertz CT molecular complexity index is 1240. The number of anilines is 2. The van der Waals surface area contributed by atoms with Crippen molar-refractivity contribution < 1.29 is 13.2 Å². The second-order valence-electron chi connectivity index (χ2n) is 6.89. The normalized spacial score (nSPS) is 11.1. The first-order valence-corrected chi connectivity index (χ1v) is 12.0. The molecule has 0 aliphatic carbocycles. The molecule has 0 spiro atoms. The summed E-state index contributed by atoms with van der Waals surface area (Å²) >= 11 is 1.17. The van der Waals surface area contributed by atoms with Gasteiger partial charge in [-0.2, -0.15) is 5.26 Å². The van der Waals surface area contributed by atoms with Crippen LogP contribution in [0.15, 0.2) is 64.8 Å². The Morgan fingerprint density at radius 3 is 2.44 bits per heavy atom. The van der Waals surface area contributed by atoms with E-state index in [-0.39, 0.29) is 28.4 Å². The van der Waals surface area contributed by atoms with Crippen molar-refractivity contribution in [3.8, 4) is 6.07 Å². The van der Waals surface area contributed by atoms with E-state index in [1.165, 1.54) is 48.4 Å². The molecule has 0 saturated carbocycles. The molecule has 1 amide bonds. The quantitative estimate of drug-likeness (QED) is 0.480. The number of pyridine rings is 1. The van der Waals surface area contributed by atoms with Gasteiger partial charge in [-0.15, -0.1) is 0 Å². The van der Waals surface area contributed by atoms with Crippen molar-refractivity contribution in [3.63, 3.8) is 0 Å². The fraction of sp³-hybridized carbons (Fsp3) is 0.190. The minimum absolute atomic E-state index is 0.00527. The number of carbonyl (C=O) groups is 1. The summed E-state index contributed by atoms with van der Waals surface area (Å²) in [6.45, 7) is 4.00. The molecule has 3 aromatic rings. The molecule has 2 N–H and O–H groups in total. The molecular weight excluding hydrogens is 448 g/mol. The maximum Gasteiger partial charge on any atom is 0.264 e. The van der Waals surface area contributed by atoms with Gasteiger partial charge < -0.3 is 5.32 Å². The number of sulfonamides is 1. The molecule has 0 unspecified atom stereocenters. The van der Waals surface area contributed by atoms with E-state index in [4.69, 9.17) is 0 Å². The Labute approximate surface area is 190 Å². The molecule has 2 aromatic heterocycles. The van der Waals surface area contributed by atoms with Gasteiger partial charge in [-0.3, -0.25) is 4.79 Å². The third-order valence-electron chi connectivity index (χ3n) is 4.17. The third-order valence-corrected chi connectivity index (χ3v) is 6.51. The molecule has 2 heterocycles. The molecule has 11 heteroatoms. The fourth-order valence-corrected chi connectivity index (χ4v) is 4.29. The maximum atomic E-state index is 12.4. The van der Waals surface area contributed by atoms with Crippen LogP contribution in [0, 0.1) is 11.3 Å². The van der Waals surface area contributed by atoms with Crippen molar-refractivity contribution in [3.05, 3.63) is 66.1 Å². The Balaban J connectivity index is 1.62. The van der Waals surface area contributed by atoms with Crippen LogP contribution >= 0.6 is 11.8 Å². The lowest BCUT2D eigenvalue weighted by Crippen LogP contribution is -2.16. The first-order valence-electron chi connectivity index (χ1n) is 9.52. The molecule has 0 radical (unpaired) electrons. The molecule has 1 aromatic carbocycles. The van der Waals surface area contributed by atoms with Gasteiger partial charge in [0.1, 0.15) is 11.1 Å². The summed E-state index contributed by atoms with van der Waals surface area (Å²) in [5, 5.41) is 12.5. The fourth-order valence-electron chi connectivity index (χ4n) is 2.55. The average Bonchev–Trinajstić information content (AvgIpc) is 2.78. The number of benzene rings is 1. The number of hydrogen-bond donors (Lipinski definition) is 2. The van der Waals surface area contributed by atoms with Crippen LogP contribution in [0.3, 0.4) is 0 Å². The molecule has 0 saturated heterocycles. The second-order valence-corrected chi connectivity index (χ2v) is 9.54. The summed E-state index contributed by atoms with van der Waals surface area (Å²) in [5.74, 6) is -0.0830. The van der Waals surface area contributed by atoms with Crippen molar-refractivity contribution in [1.29, 1.82) is 5.26 Å². The van der Waals surface area contributed by atoms with Crippen molar-refractivity contribution in [1.82, 2.24) is 15.0 Å². The zero-order chi connectivity index (χ0) is 23.1. The minimum atomic E-state index is -3.85. The smallest absolute Gasteiger partial charge is 0.264 e. The van der Waals surface area contributed by atoms with E-state index >= 15 is 0 Å². The summed E-state index contributed by atoms with van der Waals surface area (Å²) < 4.78 is 27.1. The van der Waals surface area contributed by atoms with Crippen molar-refractivity contribution in [2.24, 2.45) is 0 Å². The van der Waals surface area contributed by atoms with Crippen molar-refractivity contribution in [2.45, 2.75) is 29.7 Å². The third kappa shape index (κ3) is 6.03. The van der Waals surface area contributed by atoms with Crippen molar-refractivity contribution in [2.75, 3.05) is 15.8 Å². The molecule has 0 fully saturated rings. The number of aromatic nitrogens is 3. The number of rotatable bonds is 8. The van der Waals surface area contributed by atoms with E-state index in [1.54, 1.807) is 12.1 Å². The van der Waals surface area contributed by atoms with Gasteiger partial charge in [-0.1, -0.05) is 25.6 Å². The molecule has 0 aliphatic rings. The van der Waals surface area contributed by atoms with Gasteiger partial charge in [0.05, 0.1) is 16.2 Å². The summed E-state index contributed by atoms with van der Waals surface area (Å²) in [6.07, 6.45) is 2.85. The number of nitriles is 1. The Kier molecular flexibility index (Phi) is 7.40. The number of hydrogen-bond acceptors (Lipinski definition) is 8. The highest BCUT2D eigenvalue weighted by molar-refractivity contribution is 8.00. The van der Waals surface area contributed by atoms with E-state index < -0.39 is 10.0 Å². The molecule has 0 aliphatic heterocycles. The Morgan fingerprint density at radius 1 is 1.12 bits per heavy atom. The van der Waals surface area contributed by atoms with Gasteiger partial charge >= 0.3 is 0 Å². The summed E-state index contributed by atoms with van der Waals surface area (Å²) in [6, 6.07) is 12.9. The molecule has 0 bridgehead atoms. The van der Waals surface area contributed by atoms with Gasteiger partial charge in [0.2, 0.25) is 11.9 Å². The van der Waals surface area contributed by atoms with E-state index in [9.17, 15) is 18.5 Å². The van der Waals surface area contributed by atoms with E-state index in [2.05, 4.69) is 31.1 Å². The summed E-state index contributed by atoms with van der Waals surface area (Å²) in [4.78, 5) is 24.5. The van der Waals surface area contributed by atoms with Crippen LogP contribution in [0.5, 0.6) is 0 Å². The second kappa shape index (κ2) is 10.2. The zero-order valence-electron chi connectivity index (χ0n) is 17.3. The molecule has 0 atom stereocenters. The van der Waals surface area contributed by atoms with E-state index in [0.717, 1.165) is 5.69 Å². The number of nitrogens with one attached hydrogen (secondary N) is 2. The van der Waals surface area contributed by atoms with Gasteiger partial charge in [0.25, 0.3) is 10.0 Å².